The summed E-state index contributed by atoms with van der Waals surface area (Å²) in [4.78, 5) is 52.6. The van der Waals surface area contributed by atoms with Crippen molar-refractivity contribution in [1.82, 2.24) is 29.9 Å². The standard InChI is InChI=1S/C25H28N2.2C20H19N3.2C15H17N3.C13H14N4/c1-18-11-9-10-14-22(18)27-19(2)26(21-12-7-6-8-13-21)23-16-15-20(17-24(23)27)25(3,4)5;1-15-9-6-7-12-18(15)23-16(2)22(17-10-4-3-5-11-17)20-19(23)13-8-14-21-20;1-15-9-6-7-12-18(15)23-16(2)22(17-10-4-3-5-11-17)19-13-8-14-21-20(19)23;1-11-7-4-5-8-13(11)18-12(2)17(3)15-14(18)9-6-10-16-15;1-11-7-4-5-8-13(11)18-12(2)17(3)14-9-6-10-16-15(14)18;1-9-5-3-4-6-11(9)17-10(2)16-12-13(17)15-8-7-14-12/h6-17,19H,1-5H3;2*3-14,16H,1-2H3;2*4-10,12H,1-3H3;3-8,10H,1-2H3,(H,14,16). The number of fused-ring (bicyclic) bond motifs is 6. The maximum atomic E-state index is 4.67. The van der Waals surface area contributed by atoms with Crippen LogP contribution in [-0.4, -0.2) is 81.0 Å². The van der Waals surface area contributed by atoms with E-state index in [4.69, 9.17) is 0 Å². The molecule has 0 saturated heterocycles. The highest BCUT2D eigenvalue weighted by Gasteiger charge is 2.41. The summed E-state index contributed by atoms with van der Waals surface area (Å²) in [6, 6.07) is 106. The second kappa shape index (κ2) is 36.9. The molecule has 0 amide bonds. The fourth-order valence-corrected chi connectivity index (χ4v) is 18.0. The Morgan fingerprint density at radius 3 is 0.968 bits per heavy atom. The fraction of sp³-hybridized carbons (Fsp3) is 0.222. The largest absolute Gasteiger partial charge is 0.351 e. The van der Waals surface area contributed by atoms with E-state index in [0.717, 1.165) is 52.0 Å². The normalized spacial score (nSPS) is 17.1. The van der Waals surface area contributed by atoms with Crippen molar-refractivity contribution in [3.8, 4) is 0 Å². The summed E-state index contributed by atoms with van der Waals surface area (Å²) in [6.07, 6.45) is 12.2. The first-order chi connectivity index (χ1) is 61.1. The van der Waals surface area contributed by atoms with Crippen molar-refractivity contribution in [2.75, 3.05) is 73.3 Å². The van der Waals surface area contributed by atoms with E-state index in [1.165, 1.54) is 107 Å². The minimum Gasteiger partial charge on any atom is -0.351 e. The van der Waals surface area contributed by atoms with Gasteiger partial charge in [-0.3, -0.25) is 0 Å². The summed E-state index contributed by atoms with van der Waals surface area (Å²) in [6.45, 7) is 33.0. The topological polar surface area (TPSA) is 125 Å². The zero-order chi connectivity index (χ0) is 88.0. The predicted octanol–water partition coefficient (Wildman–Crippen LogP) is 26.3. The summed E-state index contributed by atoms with van der Waals surface area (Å²) >= 11 is 0. The molecular weight excluding hydrogens is 1550 g/mol. The van der Waals surface area contributed by atoms with Crippen LogP contribution in [-0.2, 0) is 5.41 Å². The van der Waals surface area contributed by atoms with E-state index in [2.05, 4.69) is 462 Å². The minimum absolute atomic E-state index is 0.121. The third kappa shape index (κ3) is 16.7. The van der Waals surface area contributed by atoms with E-state index in [1.807, 2.05) is 73.3 Å². The number of pyridine rings is 4. The molecule has 6 aliphatic heterocycles. The summed E-state index contributed by atoms with van der Waals surface area (Å²) in [5, 5.41) is 3.33. The molecule has 126 heavy (non-hydrogen) atoms. The van der Waals surface area contributed by atoms with Crippen molar-refractivity contribution in [1.29, 1.82) is 0 Å². The number of hydrogen-bond acceptors (Lipinski definition) is 18. The number of nitrogens with zero attached hydrogens (tertiary/aromatic N) is 17. The molecule has 5 aromatic heterocycles. The zero-order valence-corrected chi connectivity index (χ0v) is 75.4. The van der Waals surface area contributed by atoms with Crippen LogP contribution in [0.4, 0.5) is 120 Å². The van der Waals surface area contributed by atoms with Crippen molar-refractivity contribution in [3.05, 3.63) is 379 Å². The minimum atomic E-state index is 0.121. The Morgan fingerprint density at radius 2 is 0.524 bits per heavy atom. The van der Waals surface area contributed by atoms with Crippen molar-refractivity contribution >= 4 is 120 Å². The molecule has 0 bridgehead atoms. The van der Waals surface area contributed by atoms with E-state index in [-0.39, 0.29) is 42.4 Å². The van der Waals surface area contributed by atoms with Gasteiger partial charge in [-0.25, -0.2) is 29.9 Å². The van der Waals surface area contributed by atoms with E-state index in [0.29, 0.717) is 0 Å². The van der Waals surface area contributed by atoms with Crippen LogP contribution in [0.5, 0.6) is 0 Å². The van der Waals surface area contributed by atoms with E-state index in [9.17, 15) is 0 Å². The van der Waals surface area contributed by atoms with Gasteiger partial charge in [-0.05, 0) is 261 Å². The highest BCUT2D eigenvalue weighted by Crippen LogP contribution is 2.53. The highest BCUT2D eigenvalue weighted by atomic mass is 15.5. The molecule has 0 fully saturated rings. The van der Waals surface area contributed by atoms with Crippen LogP contribution in [0, 0.1) is 41.5 Å². The van der Waals surface area contributed by atoms with Crippen LogP contribution < -0.4 is 59.2 Å². The lowest BCUT2D eigenvalue weighted by molar-refractivity contribution is 0.590. The number of anilines is 21. The number of hydrogen-bond donors (Lipinski definition) is 1. The van der Waals surface area contributed by atoms with Crippen LogP contribution in [0.25, 0.3) is 0 Å². The molecule has 18 heteroatoms. The van der Waals surface area contributed by atoms with Gasteiger partial charge in [-0.15, -0.1) is 0 Å². The van der Waals surface area contributed by atoms with Gasteiger partial charge in [0.25, 0.3) is 0 Å². The second-order valence-electron chi connectivity index (χ2n) is 33.8. The van der Waals surface area contributed by atoms with Crippen LogP contribution in [0.3, 0.4) is 0 Å². The molecule has 0 aliphatic carbocycles. The van der Waals surface area contributed by atoms with Gasteiger partial charge in [0.15, 0.2) is 34.9 Å². The first-order valence-corrected chi connectivity index (χ1v) is 43.7. The molecule has 10 aromatic carbocycles. The molecule has 11 heterocycles. The molecule has 1 N–H and O–H groups in total. The van der Waals surface area contributed by atoms with Crippen molar-refractivity contribution in [3.63, 3.8) is 0 Å². The molecule has 6 atom stereocenters. The Balaban J connectivity index is 0.000000112. The Kier molecular flexibility index (Phi) is 24.9. The summed E-state index contributed by atoms with van der Waals surface area (Å²) < 4.78 is 0. The van der Waals surface area contributed by atoms with Gasteiger partial charge in [-0.1, -0.05) is 191 Å². The molecule has 15 aromatic rings. The van der Waals surface area contributed by atoms with Crippen molar-refractivity contribution in [2.45, 2.75) is 146 Å². The molecule has 6 unspecified atom stereocenters. The second-order valence-corrected chi connectivity index (χ2v) is 33.8. The maximum Gasteiger partial charge on any atom is 0.178 e. The third-order valence-corrected chi connectivity index (χ3v) is 24.7. The van der Waals surface area contributed by atoms with Gasteiger partial charge < -0.3 is 59.2 Å². The first kappa shape index (κ1) is 85.1. The van der Waals surface area contributed by atoms with E-state index in [1.54, 1.807) is 12.4 Å². The van der Waals surface area contributed by atoms with Crippen molar-refractivity contribution < 1.29 is 0 Å². The highest BCUT2D eigenvalue weighted by molar-refractivity contribution is 5.92. The monoisotopic (exact) mass is 1660 g/mol. The molecular formula is C108H114N18. The Morgan fingerprint density at radius 1 is 0.230 bits per heavy atom. The Labute approximate surface area is 744 Å². The molecule has 6 aliphatic rings. The molecule has 0 saturated carbocycles. The quantitative estimate of drug-likeness (QED) is 0.147. The number of aromatic nitrogens is 6. The lowest BCUT2D eigenvalue weighted by atomic mass is 9.86. The molecule has 21 rings (SSSR count). The van der Waals surface area contributed by atoms with Crippen molar-refractivity contribution in [2.24, 2.45) is 0 Å². The van der Waals surface area contributed by atoms with Crippen LogP contribution in [0.2, 0.25) is 0 Å². The van der Waals surface area contributed by atoms with Gasteiger partial charge in [0, 0.05) is 102 Å². The maximum absolute atomic E-state index is 4.67. The molecule has 18 nitrogen and oxygen atoms in total. The average Bonchev–Trinajstić information content (AvgIpc) is 1.59. The Bertz CT molecular complexity index is 6010. The van der Waals surface area contributed by atoms with Gasteiger partial charge in [-0.2, -0.15) is 0 Å². The first-order valence-electron chi connectivity index (χ1n) is 43.7. The molecule has 0 spiro atoms. The van der Waals surface area contributed by atoms with Crippen LogP contribution >= 0.6 is 0 Å². The summed E-state index contributed by atoms with van der Waals surface area (Å²) in [5.41, 5.74) is 27.3. The smallest absolute Gasteiger partial charge is 0.178 e. The fourth-order valence-electron chi connectivity index (χ4n) is 18.0. The SMILES string of the molecule is Cc1ccccc1N1c2cc(C(C)(C)C)ccc2N(c2ccccc2)C1C.Cc1ccccc1N1c2cccnc2N(C)C1C.Cc1ccccc1N1c2cccnc2N(c2ccccc2)C1C.Cc1ccccc1N1c2ncccc2N(C)C1C.Cc1ccccc1N1c2ncccc2N(c2ccccc2)C1C.Cc1ccccc1N1c2nccnc2NC1C. The number of aryl methyl sites for hydroxylation is 6. The molecule has 0 radical (unpaired) electrons. The Hall–Kier alpha value is -14.5. The number of rotatable bonds is 9. The van der Waals surface area contributed by atoms with Crippen LogP contribution in [0.15, 0.2) is 340 Å². The van der Waals surface area contributed by atoms with Crippen LogP contribution in [0.1, 0.15) is 101 Å². The predicted molar refractivity (Wildman–Crippen MR) is 527 cm³/mol. The zero-order valence-electron chi connectivity index (χ0n) is 75.4. The number of nitrogens with one attached hydrogen (secondary N) is 1. The lowest BCUT2D eigenvalue weighted by Crippen LogP contribution is -2.36. The number of para-hydroxylation sites is 9. The lowest BCUT2D eigenvalue weighted by Gasteiger charge is -2.31. The van der Waals surface area contributed by atoms with E-state index < -0.39 is 0 Å². The van der Waals surface area contributed by atoms with E-state index >= 15 is 0 Å². The number of benzene rings is 10. The third-order valence-electron chi connectivity index (χ3n) is 24.7. The van der Waals surface area contributed by atoms with Gasteiger partial charge in [0.1, 0.15) is 37.0 Å². The van der Waals surface area contributed by atoms with Gasteiger partial charge in [0.2, 0.25) is 0 Å². The summed E-state index contributed by atoms with van der Waals surface area (Å²) in [5.74, 6) is 5.86. The average molecular weight is 1660 g/mol. The van der Waals surface area contributed by atoms with Gasteiger partial charge in [0.05, 0.1) is 34.1 Å². The molecule has 636 valence electrons. The summed E-state index contributed by atoms with van der Waals surface area (Å²) in [7, 11) is 4.21. The van der Waals surface area contributed by atoms with Gasteiger partial charge >= 0.3 is 0 Å².